The van der Waals surface area contributed by atoms with Crippen LogP contribution in [0.4, 0.5) is 4.39 Å². The Morgan fingerprint density at radius 1 is 1.06 bits per heavy atom. The first-order valence-electron chi connectivity index (χ1n) is 10.6. The lowest BCUT2D eigenvalue weighted by Crippen LogP contribution is -2.38. The molecule has 0 saturated carbocycles. The Morgan fingerprint density at radius 2 is 1.77 bits per heavy atom. The van der Waals surface area contributed by atoms with Crippen LogP contribution in [0.25, 0.3) is 0 Å². The van der Waals surface area contributed by atoms with Gasteiger partial charge in [0.15, 0.2) is 5.96 Å². The summed E-state index contributed by atoms with van der Waals surface area (Å²) in [4.78, 5) is 18.8. The molecule has 1 saturated heterocycles. The van der Waals surface area contributed by atoms with Gasteiger partial charge in [0, 0.05) is 38.8 Å². The van der Waals surface area contributed by atoms with Gasteiger partial charge in [-0.15, -0.1) is 24.0 Å². The molecule has 1 heterocycles. The van der Waals surface area contributed by atoms with Crippen LogP contribution >= 0.6 is 24.0 Å². The van der Waals surface area contributed by atoms with Gasteiger partial charge in [0.1, 0.15) is 5.82 Å². The minimum Gasteiger partial charge on any atom is -0.356 e. The van der Waals surface area contributed by atoms with E-state index in [1.165, 1.54) is 12.5 Å². The lowest BCUT2D eigenvalue weighted by molar-refractivity contribution is 0.0724. The normalized spacial score (nSPS) is 14.0. The molecule has 0 aromatic heterocycles. The molecule has 3 rings (SSSR count). The van der Waals surface area contributed by atoms with Gasteiger partial charge in [0.25, 0.3) is 5.91 Å². The van der Waals surface area contributed by atoms with Gasteiger partial charge in [-0.1, -0.05) is 18.2 Å². The topological polar surface area (TPSA) is 56.7 Å². The highest BCUT2D eigenvalue weighted by atomic mass is 127. The lowest BCUT2D eigenvalue weighted by atomic mass is 10.1. The van der Waals surface area contributed by atoms with Gasteiger partial charge >= 0.3 is 0 Å². The molecular weight excluding hydrogens is 506 g/mol. The number of hydrogen-bond donors (Lipinski definition) is 2. The van der Waals surface area contributed by atoms with Gasteiger partial charge < -0.3 is 15.5 Å². The quantitative estimate of drug-likeness (QED) is 0.328. The maximum Gasteiger partial charge on any atom is 0.253 e. The van der Waals surface area contributed by atoms with E-state index in [1.807, 2.05) is 42.2 Å². The van der Waals surface area contributed by atoms with Gasteiger partial charge in [0.2, 0.25) is 0 Å². The Kier molecular flexibility index (Phi) is 10.2. The second-order valence-electron chi connectivity index (χ2n) is 7.72. The number of guanidine groups is 1. The number of rotatable bonds is 6. The Morgan fingerprint density at radius 3 is 2.42 bits per heavy atom. The van der Waals surface area contributed by atoms with Crippen LogP contribution in [0.2, 0.25) is 0 Å². The number of piperidine rings is 1. The van der Waals surface area contributed by atoms with E-state index in [1.54, 1.807) is 13.1 Å². The van der Waals surface area contributed by atoms with Crippen molar-refractivity contribution >= 4 is 35.8 Å². The van der Waals surface area contributed by atoms with E-state index >= 15 is 0 Å². The van der Waals surface area contributed by atoms with Crippen LogP contribution in [0.3, 0.4) is 0 Å². The Bertz CT molecular complexity index is 880. The molecule has 0 radical (unpaired) electrons. The number of aliphatic imine (C=N–C) groups is 1. The number of nitrogens with one attached hydrogen (secondary N) is 2. The molecule has 2 aromatic carbocycles. The molecule has 0 atom stereocenters. The number of nitrogens with zero attached hydrogens (tertiary/aromatic N) is 2. The second kappa shape index (κ2) is 12.6. The minimum atomic E-state index is -0.203. The summed E-state index contributed by atoms with van der Waals surface area (Å²) >= 11 is 0. The minimum absolute atomic E-state index is 0. The molecule has 5 nitrogen and oxygen atoms in total. The average molecular weight is 538 g/mol. The summed E-state index contributed by atoms with van der Waals surface area (Å²) < 4.78 is 13.2. The molecule has 0 aliphatic carbocycles. The number of carbonyl (C=O) groups excluding carboxylic acids is 1. The molecule has 7 heteroatoms. The van der Waals surface area contributed by atoms with E-state index in [4.69, 9.17) is 0 Å². The van der Waals surface area contributed by atoms with Crippen molar-refractivity contribution in [2.45, 2.75) is 39.2 Å². The summed E-state index contributed by atoms with van der Waals surface area (Å²) in [5, 5.41) is 6.58. The summed E-state index contributed by atoms with van der Waals surface area (Å²) in [5.74, 6) is 0.635. The molecule has 1 fully saturated rings. The van der Waals surface area contributed by atoms with Gasteiger partial charge in [-0.25, -0.2) is 4.39 Å². The Hall–Kier alpha value is -2.16. The summed E-state index contributed by atoms with van der Waals surface area (Å²) in [7, 11) is 1.73. The van der Waals surface area contributed by atoms with E-state index in [9.17, 15) is 9.18 Å². The number of hydrogen-bond acceptors (Lipinski definition) is 2. The number of carbonyl (C=O) groups is 1. The van der Waals surface area contributed by atoms with E-state index in [0.717, 1.165) is 54.6 Å². The zero-order valence-corrected chi connectivity index (χ0v) is 20.6. The third-order valence-electron chi connectivity index (χ3n) is 5.52. The molecule has 168 valence electrons. The van der Waals surface area contributed by atoms with E-state index in [2.05, 4.69) is 15.6 Å². The highest BCUT2D eigenvalue weighted by molar-refractivity contribution is 14.0. The fourth-order valence-electron chi connectivity index (χ4n) is 3.71. The summed E-state index contributed by atoms with van der Waals surface area (Å²) in [6.07, 6.45) is 4.20. The fraction of sp³-hybridized carbons (Fsp3) is 0.417. The van der Waals surface area contributed by atoms with Crippen molar-refractivity contribution in [1.82, 2.24) is 15.5 Å². The fourth-order valence-corrected chi connectivity index (χ4v) is 3.71. The highest BCUT2D eigenvalue weighted by Crippen LogP contribution is 2.14. The smallest absolute Gasteiger partial charge is 0.253 e. The van der Waals surface area contributed by atoms with Crippen molar-refractivity contribution in [3.05, 3.63) is 70.5 Å². The Balaban J connectivity index is 0.00000341. The van der Waals surface area contributed by atoms with Gasteiger partial charge in [0.05, 0.1) is 0 Å². The molecule has 2 aromatic rings. The van der Waals surface area contributed by atoms with Gasteiger partial charge in [-0.3, -0.25) is 9.79 Å². The third-order valence-corrected chi connectivity index (χ3v) is 5.52. The van der Waals surface area contributed by atoms with Crippen LogP contribution < -0.4 is 10.6 Å². The van der Waals surface area contributed by atoms with Crippen molar-refractivity contribution in [3.8, 4) is 0 Å². The molecule has 1 amide bonds. The SMILES string of the molecule is CN=C(NCCc1ccc(F)cc1C)NCc1ccc(C(=O)N2CCCCC2)cc1.I. The number of halogens is 2. The van der Waals surface area contributed by atoms with E-state index in [0.29, 0.717) is 19.0 Å². The summed E-state index contributed by atoms with van der Waals surface area (Å²) in [6, 6.07) is 12.7. The molecule has 0 bridgehead atoms. The average Bonchev–Trinajstić information content (AvgIpc) is 2.78. The predicted molar refractivity (Wildman–Crippen MR) is 135 cm³/mol. The first kappa shape index (κ1) is 25.1. The molecule has 31 heavy (non-hydrogen) atoms. The number of aryl methyl sites for hydroxylation is 1. The largest absolute Gasteiger partial charge is 0.356 e. The zero-order valence-electron chi connectivity index (χ0n) is 18.3. The molecule has 1 aliphatic rings. The van der Waals surface area contributed by atoms with Crippen molar-refractivity contribution in [3.63, 3.8) is 0 Å². The Labute approximate surface area is 201 Å². The van der Waals surface area contributed by atoms with Crippen LogP contribution in [0.15, 0.2) is 47.5 Å². The van der Waals surface area contributed by atoms with E-state index in [-0.39, 0.29) is 35.7 Å². The second-order valence-corrected chi connectivity index (χ2v) is 7.72. The van der Waals surface area contributed by atoms with E-state index < -0.39 is 0 Å². The third kappa shape index (κ3) is 7.48. The number of benzene rings is 2. The van der Waals surface area contributed by atoms with Crippen LogP contribution in [0.1, 0.15) is 46.3 Å². The number of amides is 1. The molecule has 1 aliphatic heterocycles. The zero-order chi connectivity index (χ0) is 21.3. The highest BCUT2D eigenvalue weighted by Gasteiger charge is 2.17. The van der Waals surface area contributed by atoms with Crippen LogP contribution in [-0.2, 0) is 13.0 Å². The first-order valence-corrected chi connectivity index (χ1v) is 10.6. The molecule has 2 N–H and O–H groups in total. The van der Waals surface area contributed by atoms with Crippen LogP contribution in [0, 0.1) is 12.7 Å². The molecule has 0 unspecified atom stereocenters. The molecular formula is C24H32FIN4O. The maximum atomic E-state index is 13.2. The molecule has 0 spiro atoms. The van der Waals surface area contributed by atoms with Gasteiger partial charge in [-0.05, 0) is 73.6 Å². The van der Waals surface area contributed by atoms with Crippen molar-refractivity contribution < 1.29 is 9.18 Å². The summed E-state index contributed by atoms with van der Waals surface area (Å²) in [6.45, 7) is 4.97. The van der Waals surface area contributed by atoms with Gasteiger partial charge in [-0.2, -0.15) is 0 Å². The van der Waals surface area contributed by atoms with Crippen molar-refractivity contribution in [2.24, 2.45) is 4.99 Å². The standard InChI is InChI=1S/C24H31FN4O.HI/c1-18-16-22(25)11-10-20(18)12-13-27-24(26-2)28-17-19-6-8-21(9-7-19)23(30)29-14-4-3-5-15-29;/h6-11,16H,3-5,12-15,17H2,1-2H3,(H2,26,27,28);1H. The van der Waals surface area contributed by atoms with Crippen molar-refractivity contribution in [1.29, 1.82) is 0 Å². The summed E-state index contributed by atoms with van der Waals surface area (Å²) in [5.41, 5.74) is 3.91. The van der Waals surface area contributed by atoms with Crippen LogP contribution in [-0.4, -0.2) is 43.4 Å². The lowest BCUT2D eigenvalue weighted by Gasteiger charge is -2.26. The van der Waals surface area contributed by atoms with Crippen molar-refractivity contribution in [2.75, 3.05) is 26.7 Å². The monoisotopic (exact) mass is 538 g/mol. The first-order chi connectivity index (χ1) is 14.6. The maximum absolute atomic E-state index is 13.2. The predicted octanol–water partition coefficient (Wildman–Crippen LogP) is 4.29. The van der Waals surface area contributed by atoms with Crippen LogP contribution in [0.5, 0.6) is 0 Å². The number of likely N-dealkylation sites (tertiary alicyclic amines) is 1.